The average molecular weight is 377 g/mol. The molecule has 0 aliphatic rings. The molecule has 4 nitrogen and oxygen atoms in total. The lowest BCUT2D eigenvalue weighted by Gasteiger charge is -2.07. The fraction of sp³-hybridized carbons (Fsp3) is 0.300. The van der Waals surface area contributed by atoms with Gasteiger partial charge in [0.2, 0.25) is 0 Å². The number of furan rings is 1. The van der Waals surface area contributed by atoms with Crippen LogP contribution in [0.5, 0.6) is 0 Å². The molecule has 7 heteroatoms. The highest BCUT2D eigenvalue weighted by molar-refractivity contribution is 5.97. The van der Waals surface area contributed by atoms with Crippen molar-refractivity contribution in [3.05, 3.63) is 53.3 Å². The van der Waals surface area contributed by atoms with Crippen LogP contribution in [-0.2, 0) is 15.7 Å². The van der Waals surface area contributed by atoms with Crippen LogP contribution in [0.3, 0.4) is 0 Å². The van der Waals surface area contributed by atoms with Gasteiger partial charge in [-0.3, -0.25) is 0 Å². The molecule has 1 aromatic carbocycles. The van der Waals surface area contributed by atoms with Crippen LogP contribution in [0.15, 0.2) is 46.4 Å². The van der Waals surface area contributed by atoms with E-state index in [0.29, 0.717) is 6.42 Å². The minimum Gasteiger partial charge on any atom is -0.462 e. The maximum absolute atomic E-state index is 12.8. The number of hydrogen-bond donors (Lipinski definition) is 0. The first kappa shape index (κ1) is 20.3. The molecule has 0 saturated carbocycles. The number of carbonyl (C=O) groups is 1. The second-order valence-corrected chi connectivity index (χ2v) is 5.79. The Bertz CT molecular complexity index is 860. The van der Waals surface area contributed by atoms with Crippen LogP contribution in [0.4, 0.5) is 13.2 Å². The third-order valence-corrected chi connectivity index (χ3v) is 3.71. The Morgan fingerprint density at radius 3 is 2.70 bits per heavy atom. The number of esters is 1. The summed E-state index contributed by atoms with van der Waals surface area (Å²) in [7, 11) is 0. The van der Waals surface area contributed by atoms with Gasteiger partial charge in [-0.15, -0.1) is 0 Å². The summed E-state index contributed by atoms with van der Waals surface area (Å²) < 4.78 is 48.9. The quantitative estimate of drug-likeness (QED) is 0.272. The Hall–Kier alpha value is -3.01. The summed E-state index contributed by atoms with van der Waals surface area (Å²) in [5, 5.41) is 9.12. The van der Waals surface area contributed by atoms with Crippen molar-refractivity contribution < 1.29 is 27.1 Å². The van der Waals surface area contributed by atoms with Crippen molar-refractivity contribution >= 4 is 12.0 Å². The van der Waals surface area contributed by atoms with Gasteiger partial charge in [0.25, 0.3) is 0 Å². The topological polar surface area (TPSA) is 63.2 Å². The first-order valence-electron chi connectivity index (χ1n) is 8.41. The average Bonchev–Trinajstić information content (AvgIpc) is 3.11. The number of rotatable bonds is 7. The number of nitrogens with zero attached hydrogens (tertiary/aromatic N) is 1. The SMILES string of the molecule is CCCCCOC(=O)/C(C#N)=C/c1ccc(-c2cccc(C(F)(F)F)c2)o1. The standard InChI is InChI=1S/C20H18F3NO3/c1-2-3-4-10-26-19(25)15(13-24)12-17-8-9-18(27-17)14-6-5-7-16(11-14)20(21,22)23/h5-9,11-12H,2-4,10H2,1H3/b15-12+. The van der Waals surface area contributed by atoms with E-state index in [-0.39, 0.29) is 29.3 Å². The largest absolute Gasteiger partial charge is 0.462 e. The second kappa shape index (κ2) is 9.08. The molecular weight excluding hydrogens is 359 g/mol. The van der Waals surface area contributed by atoms with Gasteiger partial charge < -0.3 is 9.15 Å². The van der Waals surface area contributed by atoms with Gasteiger partial charge in [0.05, 0.1) is 12.2 Å². The molecule has 0 fully saturated rings. The third-order valence-electron chi connectivity index (χ3n) is 3.71. The molecule has 1 heterocycles. The fourth-order valence-corrected chi connectivity index (χ4v) is 2.31. The first-order chi connectivity index (χ1) is 12.8. The minimum atomic E-state index is -4.46. The Balaban J connectivity index is 2.15. The molecular formula is C20H18F3NO3. The monoisotopic (exact) mass is 377 g/mol. The lowest BCUT2D eigenvalue weighted by molar-refractivity contribution is -0.139. The maximum Gasteiger partial charge on any atom is 0.416 e. The molecule has 27 heavy (non-hydrogen) atoms. The van der Waals surface area contributed by atoms with Gasteiger partial charge in [-0.05, 0) is 30.7 Å². The van der Waals surface area contributed by atoms with Crippen LogP contribution in [0.1, 0.15) is 37.5 Å². The summed E-state index contributed by atoms with van der Waals surface area (Å²) in [6.07, 6.45) is -0.651. The summed E-state index contributed by atoms with van der Waals surface area (Å²) in [5.74, 6) is -0.393. The molecule has 0 amide bonds. The minimum absolute atomic E-state index is 0.171. The highest BCUT2D eigenvalue weighted by Crippen LogP contribution is 2.32. The molecule has 0 saturated heterocycles. The summed E-state index contributed by atoms with van der Waals surface area (Å²) in [6, 6.07) is 9.39. The molecule has 0 radical (unpaired) electrons. The van der Waals surface area contributed by atoms with Crippen molar-refractivity contribution in [3.63, 3.8) is 0 Å². The molecule has 2 rings (SSSR count). The molecule has 2 aromatic rings. The summed E-state index contributed by atoms with van der Waals surface area (Å²) in [5.41, 5.74) is -0.788. The number of ether oxygens (including phenoxy) is 1. The van der Waals surface area contributed by atoms with E-state index in [2.05, 4.69) is 0 Å². The lowest BCUT2D eigenvalue weighted by Crippen LogP contribution is -2.07. The zero-order chi connectivity index (χ0) is 19.9. The Morgan fingerprint density at radius 1 is 1.26 bits per heavy atom. The van der Waals surface area contributed by atoms with Crippen molar-refractivity contribution in [1.82, 2.24) is 0 Å². The van der Waals surface area contributed by atoms with Crippen molar-refractivity contribution in [2.45, 2.75) is 32.4 Å². The van der Waals surface area contributed by atoms with Gasteiger partial charge in [0.15, 0.2) is 0 Å². The van der Waals surface area contributed by atoms with Gasteiger partial charge in [0.1, 0.15) is 23.2 Å². The number of benzene rings is 1. The molecule has 0 aliphatic heterocycles. The van der Waals surface area contributed by atoms with E-state index >= 15 is 0 Å². The van der Waals surface area contributed by atoms with Crippen LogP contribution >= 0.6 is 0 Å². The molecule has 1 aromatic heterocycles. The normalized spacial score (nSPS) is 11.9. The summed E-state index contributed by atoms with van der Waals surface area (Å²) >= 11 is 0. The molecule has 0 atom stereocenters. The number of alkyl halides is 3. The second-order valence-electron chi connectivity index (χ2n) is 5.79. The molecule has 0 N–H and O–H groups in total. The first-order valence-corrected chi connectivity index (χ1v) is 8.41. The van der Waals surface area contributed by atoms with Gasteiger partial charge >= 0.3 is 12.1 Å². The number of hydrogen-bond acceptors (Lipinski definition) is 4. The van der Waals surface area contributed by atoms with Crippen molar-refractivity contribution in [2.75, 3.05) is 6.61 Å². The number of halogens is 3. The van der Waals surface area contributed by atoms with Gasteiger partial charge in [-0.25, -0.2) is 4.79 Å². The maximum atomic E-state index is 12.8. The van der Waals surface area contributed by atoms with Crippen molar-refractivity contribution in [2.24, 2.45) is 0 Å². The molecule has 0 bridgehead atoms. The molecule has 0 spiro atoms. The van der Waals surface area contributed by atoms with Crippen molar-refractivity contribution in [1.29, 1.82) is 5.26 Å². The zero-order valence-electron chi connectivity index (χ0n) is 14.7. The summed E-state index contributed by atoms with van der Waals surface area (Å²) in [4.78, 5) is 11.9. The Morgan fingerprint density at radius 2 is 2.04 bits per heavy atom. The molecule has 0 aliphatic carbocycles. The Kier molecular flexibility index (Phi) is 6.83. The van der Waals surface area contributed by atoms with Gasteiger partial charge in [0, 0.05) is 11.6 Å². The van der Waals surface area contributed by atoms with E-state index < -0.39 is 17.7 Å². The predicted molar refractivity (Wildman–Crippen MR) is 93.2 cm³/mol. The molecule has 0 unspecified atom stereocenters. The van der Waals surface area contributed by atoms with E-state index in [4.69, 9.17) is 14.4 Å². The highest BCUT2D eigenvalue weighted by atomic mass is 19.4. The van der Waals surface area contributed by atoms with Crippen LogP contribution in [0.2, 0.25) is 0 Å². The van der Waals surface area contributed by atoms with E-state index in [9.17, 15) is 18.0 Å². The number of unbranched alkanes of at least 4 members (excludes halogenated alkanes) is 2. The van der Waals surface area contributed by atoms with Crippen LogP contribution in [0.25, 0.3) is 17.4 Å². The number of carbonyl (C=O) groups excluding carboxylic acids is 1. The van der Waals surface area contributed by atoms with E-state index in [1.165, 1.54) is 30.3 Å². The van der Waals surface area contributed by atoms with E-state index in [1.54, 1.807) is 6.07 Å². The lowest BCUT2D eigenvalue weighted by atomic mass is 10.1. The fourth-order valence-electron chi connectivity index (χ4n) is 2.31. The zero-order valence-corrected chi connectivity index (χ0v) is 14.7. The van der Waals surface area contributed by atoms with Gasteiger partial charge in [-0.2, -0.15) is 18.4 Å². The smallest absolute Gasteiger partial charge is 0.416 e. The molecule has 142 valence electrons. The van der Waals surface area contributed by atoms with Crippen molar-refractivity contribution in [3.8, 4) is 17.4 Å². The van der Waals surface area contributed by atoms with Gasteiger partial charge in [-0.1, -0.05) is 31.9 Å². The Labute approximate surface area is 154 Å². The van der Waals surface area contributed by atoms with Crippen LogP contribution in [-0.4, -0.2) is 12.6 Å². The summed E-state index contributed by atoms with van der Waals surface area (Å²) in [6.45, 7) is 2.24. The van der Waals surface area contributed by atoms with Crippen LogP contribution < -0.4 is 0 Å². The highest BCUT2D eigenvalue weighted by Gasteiger charge is 2.30. The third kappa shape index (κ3) is 5.74. The predicted octanol–water partition coefficient (Wildman–Crippen LogP) is 5.61. The number of nitriles is 1. The van der Waals surface area contributed by atoms with Crippen LogP contribution in [0, 0.1) is 11.3 Å². The van der Waals surface area contributed by atoms with E-state index in [1.807, 2.05) is 6.92 Å². The van der Waals surface area contributed by atoms with E-state index in [0.717, 1.165) is 25.0 Å².